The topological polar surface area (TPSA) is 94.4 Å². The van der Waals surface area contributed by atoms with Gasteiger partial charge in [0.1, 0.15) is 5.82 Å². The predicted molar refractivity (Wildman–Crippen MR) is 122 cm³/mol. The lowest BCUT2D eigenvalue weighted by atomic mass is 10.1. The van der Waals surface area contributed by atoms with Crippen LogP contribution in [0.5, 0.6) is 0 Å². The summed E-state index contributed by atoms with van der Waals surface area (Å²) in [6, 6.07) is 7.43. The van der Waals surface area contributed by atoms with Gasteiger partial charge in [-0.1, -0.05) is 0 Å². The van der Waals surface area contributed by atoms with Crippen molar-refractivity contribution in [3.8, 4) is 11.4 Å². The van der Waals surface area contributed by atoms with Gasteiger partial charge in [-0.2, -0.15) is 5.10 Å². The molecule has 2 bridgehead atoms. The van der Waals surface area contributed by atoms with Gasteiger partial charge < -0.3 is 14.4 Å². The molecule has 2 atom stereocenters. The number of aromatic nitrogens is 4. The van der Waals surface area contributed by atoms with E-state index in [0.29, 0.717) is 11.5 Å². The highest BCUT2D eigenvalue weighted by molar-refractivity contribution is 5.89. The van der Waals surface area contributed by atoms with Crippen LogP contribution < -0.4 is 10.2 Å². The van der Waals surface area contributed by atoms with Crippen molar-refractivity contribution in [3.05, 3.63) is 30.5 Å². The van der Waals surface area contributed by atoms with Crippen LogP contribution in [0.2, 0.25) is 0 Å². The monoisotopic (exact) mass is 436 g/mol. The lowest BCUT2D eigenvalue weighted by molar-refractivity contribution is 0.0303. The molecule has 0 saturated carbocycles. The van der Waals surface area contributed by atoms with Gasteiger partial charge in [-0.05, 0) is 57.9 Å². The normalized spacial score (nSPS) is 20.6. The van der Waals surface area contributed by atoms with Crippen LogP contribution in [0, 0.1) is 0 Å². The van der Waals surface area contributed by atoms with E-state index < -0.39 is 6.09 Å². The fourth-order valence-corrected chi connectivity index (χ4v) is 4.41. The Kier molecular flexibility index (Phi) is 5.00. The van der Waals surface area contributed by atoms with E-state index in [1.165, 1.54) is 7.11 Å². The molecule has 1 N–H and O–H groups in total. The molecule has 2 saturated heterocycles. The van der Waals surface area contributed by atoms with Gasteiger partial charge in [0.2, 0.25) is 0 Å². The third-order valence-electron chi connectivity index (χ3n) is 5.96. The average molecular weight is 437 g/mol. The molecule has 32 heavy (non-hydrogen) atoms. The SMILES string of the molecule is COC(=O)Nc1ccc(-c2nc(N3CC4CCC(C3)O4)c3cnn(C(C)(C)C)c3n2)cc1. The highest BCUT2D eigenvalue weighted by Gasteiger charge is 2.35. The first kappa shape index (κ1) is 20.7. The summed E-state index contributed by atoms with van der Waals surface area (Å²) < 4.78 is 12.7. The van der Waals surface area contributed by atoms with Crippen LogP contribution in [0.1, 0.15) is 33.6 Å². The van der Waals surface area contributed by atoms with Gasteiger partial charge >= 0.3 is 6.09 Å². The number of anilines is 2. The van der Waals surface area contributed by atoms with Gasteiger partial charge in [0.05, 0.1) is 36.4 Å². The zero-order valence-electron chi connectivity index (χ0n) is 18.8. The first-order valence-electron chi connectivity index (χ1n) is 10.9. The molecule has 2 aliphatic heterocycles. The minimum Gasteiger partial charge on any atom is -0.453 e. The molecule has 2 fully saturated rings. The number of nitrogens with one attached hydrogen (secondary N) is 1. The van der Waals surface area contributed by atoms with Gasteiger partial charge in [-0.15, -0.1) is 0 Å². The molecule has 2 unspecified atom stereocenters. The highest BCUT2D eigenvalue weighted by Crippen LogP contribution is 2.34. The number of morpholine rings is 1. The van der Waals surface area contributed by atoms with Crippen LogP contribution in [-0.2, 0) is 15.0 Å². The Hall–Kier alpha value is -3.20. The Bertz CT molecular complexity index is 1140. The zero-order chi connectivity index (χ0) is 22.5. The number of rotatable bonds is 3. The second-order valence-electron chi connectivity index (χ2n) is 9.39. The second kappa shape index (κ2) is 7.74. The molecular weight excluding hydrogens is 408 g/mol. The Morgan fingerprint density at radius 1 is 1.12 bits per heavy atom. The quantitative estimate of drug-likeness (QED) is 0.667. The molecule has 5 rings (SSSR count). The van der Waals surface area contributed by atoms with Crippen molar-refractivity contribution < 1.29 is 14.3 Å². The van der Waals surface area contributed by atoms with E-state index in [4.69, 9.17) is 14.7 Å². The molecule has 9 nitrogen and oxygen atoms in total. The number of carbonyl (C=O) groups excluding carboxylic acids is 1. The lowest BCUT2D eigenvalue weighted by Gasteiger charge is -2.33. The van der Waals surface area contributed by atoms with Crippen LogP contribution in [0.3, 0.4) is 0 Å². The summed E-state index contributed by atoms with van der Waals surface area (Å²) in [5.74, 6) is 1.53. The highest BCUT2D eigenvalue weighted by atomic mass is 16.5. The van der Waals surface area contributed by atoms with Crippen molar-refractivity contribution in [2.75, 3.05) is 30.4 Å². The average Bonchev–Trinajstić information content (AvgIpc) is 3.36. The number of fused-ring (bicyclic) bond motifs is 3. The summed E-state index contributed by atoms with van der Waals surface area (Å²) in [5.41, 5.74) is 2.10. The molecule has 9 heteroatoms. The van der Waals surface area contributed by atoms with Crippen LogP contribution in [-0.4, -0.2) is 58.2 Å². The van der Waals surface area contributed by atoms with Crippen LogP contribution in [0.4, 0.5) is 16.3 Å². The Morgan fingerprint density at radius 3 is 2.44 bits per heavy atom. The molecule has 1 amide bonds. The second-order valence-corrected chi connectivity index (χ2v) is 9.39. The number of hydrogen-bond acceptors (Lipinski definition) is 7. The molecule has 2 aromatic heterocycles. The standard InChI is InChI=1S/C23H28N6O3/c1-23(2,3)29-21-18(11-24-29)20(28-12-16-9-10-17(13-28)32-16)26-19(27-21)14-5-7-15(8-6-14)25-22(30)31-4/h5-8,11,16-17H,9-10,12-13H2,1-4H3,(H,25,30). The maximum atomic E-state index is 11.5. The molecule has 4 heterocycles. The fraction of sp³-hybridized carbons (Fsp3) is 0.478. The van der Waals surface area contributed by atoms with Crippen molar-refractivity contribution in [1.29, 1.82) is 0 Å². The molecule has 3 aromatic rings. The van der Waals surface area contributed by atoms with Crippen molar-refractivity contribution in [1.82, 2.24) is 19.7 Å². The fourth-order valence-electron chi connectivity index (χ4n) is 4.41. The number of nitrogens with zero attached hydrogens (tertiary/aromatic N) is 5. The van der Waals surface area contributed by atoms with Gasteiger partial charge in [0.25, 0.3) is 0 Å². The third-order valence-corrected chi connectivity index (χ3v) is 5.96. The summed E-state index contributed by atoms with van der Waals surface area (Å²) in [6.07, 6.45) is 4.07. The smallest absolute Gasteiger partial charge is 0.411 e. The van der Waals surface area contributed by atoms with Crippen LogP contribution >= 0.6 is 0 Å². The summed E-state index contributed by atoms with van der Waals surface area (Å²) in [6.45, 7) is 7.99. The van der Waals surface area contributed by atoms with Crippen molar-refractivity contribution in [3.63, 3.8) is 0 Å². The molecule has 0 aliphatic carbocycles. The maximum Gasteiger partial charge on any atom is 0.411 e. The van der Waals surface area contributed by atoms with E-state index >= 15 is 0 Å². The van der Waals surface area contributed by atoms with E-state index in [2.05, 4.69) is 40.8 Å². The number of hydrogen-bond donors (Lipinski definition) is 1. The van der Waals surface area contributed by atoms with Crippen LogP contribution in [0.15, 0.2) is 30.5 Å². The van der Waals surface area contributed by atoms with Gasteiger partial charge in [0.15, 0.2) is 11.5 Å². The molecule has 0 radical (unpaired) electrons. The minimum atomic E-state index is -0.506. The van der Waals surface area contributed by atoms with Crippen molar-refractivity contribution in [2.45, 2.75) is 51.4 Å². The Labute approximate surface area is 186 Å². The van der Waals surface area contributed by atoms with E-state index in [1.807, 2.05) is 35.1 Å². The van der Waals surface area contributed by atoms with Crippen molar-refractivity contribution >= 4 is 28.6 Å². The van der Waals surface area contributed by atoms with Crippen LogP contribution in [0.25, 0.3) is 22.4 Å². The first-order chi connectivity index (χ1) is 15.3. The molecular formula is C23H28N6O3. The number of benzene rings is 1. The van der Waals surface area contributed by atoms with Gasteiger partial charge in [-0.3, -0.25) is 5.32 Å². The Morgan fingerprint density at radius 2 is 1.81 bits per heavy atom. The van der Waals surface area contributed by atoms with E-state index in [1.54, 1.807) is 0 Å². The minimum absolute atomic E-state index is 0.219. The summed E-state index contributed by atoms with van der Waals surface area (Å²) in [7, 11) is 1.34. The largest absolute Gasteiger partial charge is 0.453 e. The lowest BCUT2D eigenvalue weighted by Crippen LogP contribution is -2.43. The number of ether oxygens (including phenoxy) is 2. The molecule has 2 aliphatic rings. The first-order valence-corrected chi connectivity index (χ1v) is 10.9. The molecule has 0 spiro atoms. The number of amides is 1. The zero-order valence-corrected chi connectivity index (χ0v) is 18.8. The number of methoxy groups -OCH3 is 1. The maximum absolute atomic E-state index is 11.5. The summed E-state index contributed by atoms with van der Waals surface area (Å²) in [5, 5.41) is 8.28. The molecule has 1 aromatic carbocycles. The Balaban J connectivity index is 1.59. The van der Waals surface area contributed by atoms with Crippen molar-refractivity contribution in [2.24, 2.45) is 0 Å². The third kappa shape index (κ3) is 3.77. The van der Waals surface area contributed by atoms with E-state index in [-0.39, 0.29) is 17.7 Å². The predicted octanol–water partition coefficient (Wildman–Crippen LogP) is 3.79. The molecule has 168 valence electrons. The number of carbonyl (C=O) groups is 1. The van der Waals surface area contributed by atoms with Gasteiger partial charge in [0, 0.05) is 24.3 Å². The van der Waals surface area contributed by atoms with E-state index in [0.717, 1.165) is 48.3 Å². The van der Waals surface area contributed by atoms with Gasteiger partial charge in [-0.25, -0.2) is 19.4 Å². The summed E-state index contributed by atoms with van der Waals surface area (Å²) >= 11 is 0. The summed E-state index contributed by atoms with van der Waals surface area (Å²) in [4.78, 5) is 23.7. The van der Waals surface area contributed by atoms with E-state index in [9.17, 15) is 4.79 Å².